The predicted molar refractivity (Wildman–Crippen MR) is 75.2 cm³/mol. The summed E-state index contributed by atoms with van der Waals surface area (Å²) in [6.07, 6.45) is 2.08. The first-order valence-corrected chi connectivity index (χ1v) is 8.88. The highest BCUT2D eigenvalue weighted by Gasteiger charge is 2.26. The lowest BCUT2D eigenvalue weighted by atomic mass is 10.2. The molecule has 0 aromatic heterocycles. The highest BCUT2D eigenvalue weighted by Crippen LogP contribution is 2.33. The second-order valence-electron chi connectivity index (χ2n) is 4.25. The largest absolute Gasteiger partial charge is 0.462 e. The van der Waals surface area contributed by atoms with E-state index in [-0.39, 0.29) is 15.5 Å². The van der Waals surface area contributed by atoms with E-state index in [1.165, 1.54) is 12.1 Å². The van der Waals surface area contributed by atoms with E-state index in [4.69, 9.17) is 27.0 Å². The van der Waals surface area contributed by atoms with Crippen molar-refractivity contribution in [2.24, 2.45) is 5.92 Å². The molecule has 1 saturated carbocycles. The Balaban J connectivity index is 2.33. The van der Waals surface area contributed by atoms with Crippen LogP contribution in [0, 0.1) is 5.92 Å². The van der Waals surface area contributed by atoms with E-state index in [0.717, 1.165) is 12.8 Å². The maximum atomic E-state index is 11.9. The molecular weight excluding hydrogens is 379 g/mol. The third kappa shape index (κ3) is 3.84. The van der Waals surface area contributed by atoms with Gasteiger partial charge in [0.05, 0.1) is 17.2 Å². The molecule has 1 aromatic carbocycles. The van der Waals surface area contributed by atoms with Gasteiger partial charge in [0.25, 0.3) is 9.05 Å². The van der Waals surface area contributed by atoms with Gasteiger partial charge in [-0.15, -0.1) is 0 Å². The lowest BCUT2D eigenvalue weighted by Crippen LogP contribution is -2.09. The number of esters is 1. The van der Waals surface area contributed by atoms with Crippen molar-refractivity contribution < 1.29 is 17.9 Å². The smallest absolute Gasteiger partial charge is 0.339 e. The molecule has 0 N–H and O–H groups in total. The molecule has 19 heavy (non-hydrogen) atoms. The van der Waals surface area contributed by atoms with E-state index in [0.29, 0.717) is 17.0 Å². The van der Waals surface area contributed by atoms with E-state index < -0.39 is 15.0 Å². The number of halogens is 3. The topological polar surface area (TPSA) is 60.4 Å². The van der Waals surface area contributed by atoms with Crippen LogP contribution in [0.25, 0.3) is 0 Å². The Bertz CT molecular complexity index is 626. The molecule has 0 heterocycles. The van der Waals surface area contributed by atoms with Gasteiger partial charge in [-0.3, -0.25) is 0 Å². The first kappa shape index (κ1) is 15.1. The molecule has 104 valence electrons. The second-order valence-corrected chi connectivity index (χ2v) is 8.07. The fourth-order valence-electron chi connectivity index (χ4n) is 1.45. The van der Waals surface area contributed by atoms with Crippen molar-refractivity contribution in [1.29, 1.82) is 0 Å². The van der Waals surface area contributed by atoms with E-state index in [1.54, 1.807) is 0 Å². The monoisotopic (exact) mass is 386 g/mol. The molecule has 0 amide bonds. The number of carbonyl (C=O) groups is 1. The molecular formula is C11H9BrCl2O4S. The molecule has 4 nitrogen and oxygen atoms in total. The van der Waals surface area contributed by atoms with Crippen LogP contribution in [0.5, 0.6) is 0 Å². The van der Waals surface area contributed by atoms with Crippen LogP contribution in [-0.2, 0) is 13.8 Å². The van der Waals surface area contributed by atoms with Crippen LogP contribution in [-0.4, -0.2) is 21.0 Å². The van der Waals surface area contributed by atoms with Gasteiger partial charge in [-0.2, -0.15) is 0 Å². The van der Waals surface area contributed by atoms with Crippen LogP contribution in [0.1, 0.15) is 23.2 Å². The van der Waals surface area contributed by atoms with Gasteiger partial charge < -0.3 is 4.74 Å². The molecule has 0 aliphatic heterocycles. The number of rotatable bonds is 4. The van der Waals surface area contributed by atoms with Gasteiger partial charge in [-0.1, -0.05) is 27.5 Å². The summed E-state index contributed by atoms with van der Waals surface area (Å²) in [5.74, 6) is -0.245. The first-order valence-electron chi connectivity index (χ1n) is 5.40. The maximum absolute atomic E-state index is 11.9. The lowest BCUT2D eigenvalue weighted by Gasteiger charge is -2.09. The molecule has 1 fully saturated rings. The van der Waals surface area contributed by atoms with E-state index in [2.05, 4.69) is 15.9 Å². The van der Waals surface area contributed by atoms with Crippen molar-refractivity contribution in [1.82, 2.24) is 0 Å². The normalized spacial score (nSPS) is 15.3. The quantitative estimate of drug-likeness (QED) is 0.585. The number of carbonyl (C=O) groups excluding carboxylic acids is 1. The zero-order valence-electron chi connectivity index (χ0n) is 9.53. The Kier molecular flexibility index (Phi) is 4.45. The standard InChI is InChI=1S/C11H9BrCl2O4S/c12-7-3-8(11(15)18-5-6-1-2-6)10(13)9(4-7)19(14,16)17/h3-4,6H,1-2,5H2. The fourth-order valence-corrected chi connectivity index (χ4v) is 3.62. The van der Waals surface area contributed by atoms with Gasteiger partial charge in [-0.05, 0) is 30.9 Å². The molecule has 1 aliphatic carbocycles. The summed E-state index contributed by atoms with van der Waals surface area (Å²) in [5.41, 5.74) is -0.0177. The van der Waals surface area contributed by atoms with Gasteiger partial charge in [0.15, 0.2) is 0 Å². The van der Waals surface area contributed by atoms with Crippen molar-refractivity contribution in [3.8, 4) is 0 Å². The number of benzene rings is 1. The molecule has 1 aliphatic rings. The minimum absolute atomic E-state index is 0.0177. The molecule has 0 atom stereocenters. The van der Waals surface area contributed by atoms with Gasteiger partial charge >= 0.3 is 5.97 Å². The summed E-state index contributed by atoms with van der Waals surface area (Å²) in [6, 6.07) is 2.64. The van der Waals surface area contributed by atoms with Crippen molar-refractivity contribution in [3.63, 3.8) is 0 Å². The molecule has 0 bridgehead atoms. The summed E-state index contributed by atoms with van der Waals surface area (Å²) in [6.45, 7) is 0.324. The Morgan fingerprint density at radius 1 is 1.42 bits per heavy atom. The van der Waals surface area contributed by atoms with Gasteiger partial charge in [0.2, 0.25) is 0 Å². The summed E-state index contributed by atoms with van der Waals surface area (Å²) in [5, 5.41) is -0.223. The molecule has 0 unspecified atom stereocenters. The van der Waals surface area contributed by atoms with Crippen molar-refractivity contribution in [3.05, 3.63) is 27.2 Å². The zero-order chi connectivity index (χ0) is 14.2. The van der Waals surface area contributed by atoms with Crippen LogP contribution in [0.15, 0.2) is 21.5 Å². The average Bonchev–Trinajstić information content (AvgIpc) is 3.11. The summed E-state index contributed by atoms with van der Waals surface area (Å²) in [7, 11) is 1.24. The molecule has 0 radical (unpaired) electrons. The molecule has 1 aromatic rings. The van der Waals surface area contributed by atoms with E-state index >= 15 is 0 Å². The van der Waals surface area contributed by atoms with Gasteiger partial charge in [0.1, 0.15) is 4.90 Å². The highest BCUT2D eigenvalue weighted by atomic mass is 79.9. The Labute approximate surface area is 128 Å². The molecule has 8 heteroatoms. The maximum Gasteiger partial charge on any atom is 0.339 e. The van der Waals surface area contributed by atoms with Crippen molar-refractivity contribution in [2.75, 3.05) is 6.61 Å². The molecule has 0 spiro atoms. The van der Waals surface area contributed by atoms with Crippen LogP contribution >= 0.6 is 38.2 Å². The van der Waals surface area contributed by atoms with Crippen LogP contribution in [0.3, 0.4) is 0 Å². The third-order valence-electron chi connectivity index (χ3n) is 2.63. The summed E-state index contributed by atoms with van der Waals surface area (Å²) in [4.78, 5) is 11.5. The fraction of sp³-hybridized carbons (Fsp3) is 0.364. The zero-order valence-corrected chi connectivity index (χ0v) is 13.4. The number of ether oxygens (including phenoxy) is 1. The minimum atomic E-state index is -4.03. The Morgan fingerprint density at radius 2 is 2.05 bits per heavy atom. The van der Waals surface area contributed by atoms with Crippen molar-refractivity contribution >= 4 is 53.2 Å². The average molecular weight is 388 g/mol. The summed E-state index contributed by atoms with van der Waals surface area (Å²) < 4.78 is 28.2. The first-order chi connectivity index (χ1) is 8.79. The van der Waals surface area contributed by atoms with Gasteiger partial charge in [-0.25, -0.2) is 13.2 Å². The van der Waals surface area contributed by atoms with Crippen LogP contribution in [0.2, 0.25) is 5.02 Å². The summed E-state index contributed by atoms with van der Waals surface area (Å²) >= 11 is 9.02. The molecule has 2 rings (SSSR count). The Hall–Kier alpha value is -0.300. The van der Waals surface area contributed by atoms with Crippen LogP contribution in [0.4, 0.5) is 0 Å². The highest BCUT2D eigenvalue weighted by molar-refractivity contribution is 9.10. The number of hydrogen-bond donors (Lipinski definition) is 0. The van der Waals surface area contributed by atoms with Gasteiger partial charge in [0, 0.05) is 15.2 Å². The lowest BCUT2D eigenvalue weighted by molar-refractivity contribution is 0.0486. The second kappa shape index (κ2) is 5.60. The SMILES string of the molecule is O=C(OCC1CC1)c1cc(Br)cc(S(=O)(=O)Cl)c1Cl. The third-order valence-corrected chi connectivity index (χ3v) is 4.96. The molecule has 0 saturated heterocycles. The van der Waals surface area contributed by atoms with E-state index in [9.17, 15) is 13.2 Å². The minimum Gasteiger partial charge on any atom is -0.462 e. The van der Waals surface area contributed by atoms with Crippen molar-refractivity contribution in [2.45, 2.75) is 17.7 Å². The van der Waals surface area contributed by atoms with Crippen LogP contribution < -0.4 is 0 Å². The number of hydrogen-bond acceptors (Lipinski definition) is 4. The van der Waals surface area contributed by atoms with E-state index in [1.807, 2.05) is 0 Å². The predicted octanol–water partition coefficient (Wildman–Crippen LogP) is 3.60. The Morgan fingerprint density at radius 3 is 2.58 bits per heavy atom.